The molecule has 3 heterocycles. The summed E-state index contributed by atoms with van der Waals surface area (Å²) >= 11 is 0. The summed E-state index contributed by atoms with van der Waals surface area (Å²) in [5.41, 5.74) is 6.86. The van der Waals surface area contributed by atoms with E-state index < -0.39 is 24.5 Å². The summed E-state index contributed by atoms with van der Waals surface area (Å²) in [7, 11) is 0. The fraction of sp³-hybridized carbons (Fsp3) is 0.688. The number of aliphatic hydroxyl groups excluding tert-OH is 2. The zero-order chi connectivity index (χ0) is 17.3. The average Bonchev–Trinajstić information content (AvgIpc) is 2.91. The maximum Gasteiger partial charge on any atom is 0.320 e. The number of nitrogens with zero attached hydrogens (tertiary/aromatic N) is 4. The van der Waals surface area contributed by atoms with Crippen molar-refractivity contribution in [2.75, 3.05) is 5.73 Å². The van der Waals surface area contributed by atoms with E-state index >= 15 is 0 Å². The third-order valence-corrected chi connectivity index (χ3v) is 5.65. The molecule has 0 radical (unpaired) electrons. The van der Waals surface area contributed by atoms with Gasteiger partial charge in [0.2, 0.25) is 0 Å². The molecule has 1 saturated heterocycles. The number of anilines is 1. The first-order valence-corrected chi connectivity index (χ1v) is 8.69. The lowest BCUT2D eigenvalue weighted by atomic mass is 10.1. The van der Waals surface area contributed by atoms with Crippen molar-refractivity contribution in [1.29, 1.82) is 0 Å². The lowest BCUT2D eigenvalue weighted by Gasteiger charge is -2.17. The number of rotatable bonds is 3. The van der Waals surface area contributed by atoms with E-state index in [9.17, 15) is 10.2 Å². The number of aromatic nitrogens is 4. The van der Waals surface area contributed by atoms with Gasteiger partial charge in [0.15, 0.2) is 23.2 Å². The van der Waals surface area contributed by atoms with Gasteiger partial charge in [-0.2, -0.15) is 9.97 Å². The van der Waals surface area contributed by atoms with Crippen molar-refractivity contribution in [2.45, 2.75) is 56.8 Å². The maximum absolute atomic E-state index is 10.2. The summed E-state index contributed by atoms with van der Waals surface area (Å²) in [5, 5.41) is 20.2. The van der Waals surface area contributed by atoms with Crippen LogP contribution in [0.4, 0.5) is 5.82 Å². The molecule has 2 saturated carbocycles. The van der Waals surface area contributed by atoms with Crippen LogP contribution in [0.1, 0.15) is 32.4 Å². The highest BCUT2D eigenvalue weighted by Gasteiger charge is 2.47. The van der Waals surface area contributed by atoms with Crippen LogP contribution in [-0.4, -0.2) is 54.1 Å². The molecule has 2 aromatic heterocycles. The molecule has 4 N–H and O–H groups in total. The largest absolute Gasteiger partial charge is 0.460 e. The second kappa shape index (κ2) is 5.26. The Labute approximate surface area is 143 Å². The number of imidazole rings is 1. The number of hydrogen-bond acceptors (Lipinski definition) is 8. The molecule has 9 nitrogen and oxygen atoms in total. The van der Waals surface area contributed by atoms with Gasteiger partial charge in [-0.25, -0.2) is 4.98 Å². The predicted molar refractivity (Wildman–Crippen MR) is 86.6 cm³/mol. The molecule has 9 heteroatoms. The second-order valence-electron chi connectivity index (χ2n) is 7.40. The summed E-state index contributed by atoms with van der Waals surface area (Å²) in [6.07, 6.45) is 1.70. The molecule has 1 unspecified atom stereocenters. The van der Waals surface area contributed by atoms with E-state index in [0.29, 0.717) is 11.2 Å². The molecule has 134 valence electrons. The van der Waals surface area contributed by atoms with Crippen LogP contribution in [0, 0.1) is 11.8 Å². The van der Waals surface area contributed by atoms with Gasteiger partial charge < -0.3 is 25.4 Å². The predicted octanol–water partition coefficient (Wildman–Crippen LogP) is 0.225. The smallest absolute Gasteiger partial charge is 0.320 e. The first-order chi connectivity index (χ1) is 12.0. The molecule has 5 rings (SSSR count). The molecule has 2 aliphatic carbocycles. The normalized spacial score (nSPS) is 39.7. The van der Waals surface area contributed by atoms with Gasteiger partial charge in [0, 0.05) is 0 Å². The lowest BCUT2D eigenvalue weighted by molar-refractivity contribution is -0.0300. The Morgan fingerprint density at radius 2 is 1.96 bits per heavy atom. The van der Waals surface area contributed by atoms with Crippen LogP contribution in [0.5, 0.6) is 6.01 Å². The van der Waals surface area contributed by atoms with Crippen LogP contribution in [0.2, 0.25) is 0 Å². The number of aliphatic hydroxyl groups is 2. The van der Waals surface area contributed by atoms with E-state index in [2.05, 4.69) is 15.0 Å². The van der Waals surface area contributed by atoms with Crippen LogP contribution < -0.4 is 10.5 Å². The highest BCUT2D eigenvalue weighted by Crippen LogP contribution is 2.52. The van der Waals surface area contributed by atoms with Gasteiger partial charge in [0.25, 0.3) is 0 Å². The van der Waals surface area contributed by atoms with Crippen molar-refractivity contribution in [3.05, 3.63) is 6.33 Å². The molecule has 7 atom stereocenters. The van der Waals surface area contributed by atoms with Crippen molar-refractivity contribution < 1.29 is 19.7 Å². The van der Waals surface area contributed by atoms with Gasteiger partial charge in [-0.1, -0.05) is 0 Å². The zero-order valence-electron chi connectivity index (χ0n) is 13.8. The minimum absolute atomic E-state index is 0.132. The number of nitrogen functional groups attached to an aromatic ring is 1. The van der Waals surface area contributed by atoms with E-state index in [1.54, 1.807) is 11.5 Å². The topological polar surface area (TPSA) is 129 Å². The van der Waals surface area contributed by atoms with Crippen molar-refractivity contribution in [3.63, 3.8) is 0 Å². The Hall–Kier alpha value is -1.97. The zero-order valence-corrected chi connectivity index (χ0v) is 13.8. The minimum Gasteiger partial charge on any atom is -0.460 e. The number of fused-ring (bicyclic) bond motifs is 2. The molecule has 0 spiro atoms. The third kappa shape index (κ3) is 2.37. The highest BCUT2D eigenvalue weighted by molar-refractivity contribution is 5.82. The van der Waals surface area contributed by atoms with Gasteiger partial charge in [-0.05, 0) is 38.0 Å². The van der Waals surface area contributed by atoms with Crippen LogP contribution in [-0.2, 0) is 4.74 Å². The maximum atomic E-state index is 10.2. The highest BCUT2D eigenvalue weighted by atomic mass is 16.6. The third-order valence-electron chi connectivity index (χ3n) is 5.65. The summed E-state index contributed by atoms with van der Waals surface area (Å²) < 4.78 is 13.2. The molecule has 2 aromatic rings. The quantitative estimate of drug-likeness (QED) is 0.719. The minimum atomic E-state index is -1.07. The fourth-order valence-electron chi connectivity index (χ4n) is 4.12. The average molecular weight is 347 g/mol. The Balaban J connectivity index is 1.48. The van der Waals surface area contributed by atoms with Gasteiger partial charge in [-0.15, -0.1) is 0 Å². The van der Waals surface area contributed by atoms with Crippen LogP contribution in [0.25, 0.3) is 11.2 Å². The van der Waals surface area contributed by atoms with Crippen molar-refractivity contribution in [3.8, 4) is 6.01 Å². The van der Waals surface area contributed by atoms with Crippen LogP contribution in [0.15, 0.2) is 6.33 Å². The second-order valence-corrected chi connectivity index (χ2v) is 7.40. The summed E-state index contributed by atoms with van der Waals surface area (Å²) in [5.74, 6) is 1.81. The van der Waals surface area contributed by atoms with Crippen molar-refractivity contribution >= 4 is 17.0 Å². The standard InChI is InChI=1S/C16H21N5O4/c1-6-11(22)12(23)15(24-6)21-5-18-10-13(17)19-16(20-14(10)21)25-9-3-7-2-8(7)4-9/h5-9,11-12,15,22-23H,2-4H2,1H3,(H2,17,19,20)/t6-,7-,8+,9?,11-,12-,15-/m1/s1. The molecular weight excluding hydrogens is 326 g/mol. The molecular formula is C16H21N5O4. The summed E-state index contributed by atoms with van der Waals surface area (Å²) in [6, 6.07) is 0.221. The Morgan fingerprint density at radius 3 is 2.64 bits per heavy atom. The lowest BCUT2D eigenvalue weighted by Crippen LogP contribution is -2.30. The first-order valence-electron chi connectivity index (χ1n) is 8.69. The fourth-order valence-corrected chi connectivity index (χ4v) is 4.12. The summed E-state index contributed by atoms with van der Waals surface area (Å²) in [6.45, 7) is 1.70. The molecule has 25 heavy (non-hydrogen) atoms. The first kappa shape index (κ1) is 15.3. The van der Waals surface area contributed by atoms with Crippen molar-refractivity contribution in [1.82, 2.24) is 19.5 Å². The van der Waals surface area contributed by atoms with Gasteiger partial charge in [0.05, 0.1) is 12.4 Å². The van der Waals surface area contributed by atoms with Gasteiger partial charge in [-0.3, -0.25) is 4.57 Å². The van der Waals surface area contributed by atoms with E-state index in [1.165, 1.54) is 12.7 Å². The number of nitrogens with two attached hydrogens (primary N) is 1. The number of hydrogen-bond donors (Lipinski definition) is 3. The molecule has 0 bridgehead atoms. The van der Waals surface area contributed by atoms with E-state index in [-0.39, 0.29) is 17.9 Å². The molecule has 0 amide bonds. The Morgan fingerprint density at radius 1 is 1.20 bits per heavy atom. The van der Waals surface area contributed by atoms with Gasteiger partial charge in [0.1, 0.15) is 18.3 Å². The molecule has 3 aliphatic rings. The van der Waals surface area contributed by atoms with E-state index in [0.717, 1.165) is 24.7 Å². The molecule has 1 aliphatic heterocycles. The molecule has 0 aromatic carbocycles. The monoisotopic (exact) mass is 347 g/mol. The van der Waals surface area contributed by atoms with E-state index in [4.69, 9.17) is 15.2 Å². The molecule has 3 fully saturated rings. The Bertz CT molecular complexity index is 816. The van der Waals surface area contributed by atoms with Gasteiger partial charge >= 0.3 is 6.01 Å². The van der Waals surface area contributed by atoms with Crippen LogP contribution in [0.3, 0.4) is 0 Å². The number of ether oxygens (including phenoxy) is 2. The van der Waals surface area contributed by atoms with Crippen LogP contribution >= 0.6 is 0 Å². The Kier molecular flexibility index (Phi) is 3.22. The van der Waals surface area contributed by atoms with E-state index in [1.807, 2.05) is 0 Å². The van der Waals surface area contributed by atoms with Crippen molar-refractivity contribution in [2.24, 2.45) is 11.8 Å². The SMILES string of the molecule is C[C@H]1O[C@@H](n2cnc3c(N)nc(OC4C[C@@H]5C[C@@H]5C4)nc32)[C@H](O)[C@@H]1O. The summed E-state index contributed by atoms with van der Waals surface area (Å²) in [4.78, 5) is 12.9.